The number of hydrogen-bond donors (Lipinski definition) is 2. The molecular weight excluding hydrogens is 268 g/mol. The summed E-state index contributed by atoms with van der Waals surface area (Å²) in [6, 6.07) is 0.553. The fraction of sp³-hybridized carbons (Fsp3) is 0.938. The van der Waals surface area contributed by atoms with Gasteiger partial charge in [-0.3, -0.25) is 0 Å². The Kier molecular flexibility index (Phi) is 6.94. The van der Waals surface area contributed by atoms with Crippen LogP contribution in [-0.4, -0.2) is 53.5 Å². The summed E-state index contributed by atoms with van der Waals surface area (Å²) in [5.41, 5.74) is -0.512. The number of rotatable bonds is 6. The quantitative estimate of drug-likeness (QED) is 0.790. The van der Waals surface area contributed by atoms with Crippen molar-refractivity contribution in [1.29, 1.82) is 0 Å². The van der Waals surface area contributed by atoms with Gasteiger partial charge in [0.05, 0.1) is 6.10 Å². The first kappa shape index (κ1) is 18.2. The minimum atomic E-state index is -0.553. The topological polar surface area (TPSA) is 61.8 Å². The van der Waals surface area contributed by atoms with E-state index in [0.717, 1.165) is 6.54 Å². The minimum absolute atomic E-state index is 0.302. The molecule has 1 amide bonds. The number of aliphatic hydroxyl groups is 1. The van der Waals surface area contributed by atoms with E-state index >= 15 is 0 Å². The van der Waals surface area contributed by atoms with Crippen LogP contribution in [0, 0.1) is 5.92 Å². The van der Waals surface area contributed by atoms with E-state index in [1.54, 1.807) is 11.8 Å². The average Bonchev–Trinajstić information content (AvgIpc) is 2.71. The Balaban J connectivity index is 2.43. The highest BCUT2D eigenvalue weighted by Crippen LogP contribution is 2.24. The van der Waals surface area contributed by atoms with E-state index in [9.17, 15) is 9.90 Å². The fourth-order valence-corrected chi connectivity index (χ4v) is 2.74. The Morgan fingerprint density at radius 3 is 2.57 bits per heavy atom. The number of aliphatic hydroxyl groups excluding tert-OH is 1. The molecule has 1 aliphatic carbocycles. The Morgan fingerprint density at radius 2 is 2.10 bits per heavy atom. The largest absolute Gasteiger partial charge is 0.444 e. The Hall–Kier alpha value is -0.810. The molecule has 0 aromatic carbocycles. The van der Waals surface area contributed by atoms with Gasteiger partial charge in [-0.05, 0) is 46.5 Å². The van der Waals surface area contributed by atoms with Crippen molar-refractivity contribution in [2.75, 3.05) is 19.6 Å². The molecule has 1 aliphatic rings. The van der Waals surface area contributed by atoms with Crippen molar-refractivity contribution >= 4 is 6.09 Å². The van der Waals surface area contributed by atoms with Crippen LogP contribution in [0.2, 0.25) is 0 Å². The first-order valence-corrected chi connectivity index (χ1v) is 8.08. The van der Waals surface area contributed by atoms with Crippen LogP contribution < -0.4 is 5.32 Å². The van der Waals surface area contributed by atoms with Crippen LogP contribution in [0.25, 0.3) is 0 Å². The lowest BCUT2D eigenvalue weighted by molar-refractivity contribution is 0.0162. The third-order valence-electron chi connectivity index (χ3n) is 3.79. The molecule has 0 saturated heterocycles. The number of hydrogen-bond acceptors (Lipinski definition) is 4. The SMILES string of the molecule is CC(O)CN(CCNC1CCCC1C)C(=O)OC(C)(C)C. The van der Waals surface area contributed by atoms with Crippen LogP contribution in [-0.2, 0) is 4.74 Å². The van der Waals surface area contributed by atoms with Gasteiger partial charge in [0.2, 0.25) is 0 Å². The summed E-state index contributed by atoms with van der Waals surface area (Å²) in [5, 5.41) is 13.1. The Bertz CT molecular complexity index is 326. The predicted octanol–water partition coefficient (Wildman–Crippen LogP) is 2.38. The molecule has 124 valence electrons. The van der Waals surface area contributed by atoms with E-state index in [4.69, 9.17) is 4.74 Å². The molecule has 21 heavy (non-hydrogen) atoms. The number of carbonyl (C=O) groups excluding carboxylic acids is 1. The zero-order chi connectivity index (χ0) is 16.0. The monoisotopic (exact) mass is 300 g/mol. The number of carbonyl (C=O) groups is 1. The first-order valence-electron chi connectivity index (χ1n) is 8.08. The van der Waals surface area contributed by atoms with E-state index in [0.29, 0.717) is 25.0 Å². The number of nitrogens with one attached hydrogen (secondary N) is 1. The van der Waals surface area contributed by atoms with Gasteiger partial charge in [0.15, 0.2) is 0 Å². The van der Waals surface area contributed by atoms with Gasteiger partial charge in [0.1, 0.15) is 5.60 Å². The van der Waals surface area contributed by atoms with Gasteiger partial charge < -0.3 is 20.1 Å². The Labute approximate surface area is 129 Å². The van der Waals surface area contributed by atoms with Crippen molar-refractivity contribution in [3.8, 4) is 0 Å². The van der Waals surface area contributed by atoms with Crippen LogP contribution in [0.3, 0.4) is 0 Å². The van der Waals surface area contributed by atoms with E-state index in [2.05, 4.69) is 12.2 Å². The number of ether oxygens (including phenoxy) is 1. The van der Waals surface area contributed by atoms with E-state index in [1.165, 1.54) is 19.3 Å². The van der Waals surface area contributed by atoms with Gasteiger partial charge in [-0.25, -0.2) is 4.79 Å². The summed E-state index contributed by atoms with van der Waals surface area (Å²) in [6.07, 6.45) is 2.86. The van der Waals surface area contributed by atoms with Crippen LogP contribution in [0.4, 0.5) is 4.79 Å². The highest BCUT2D eigenvalue weighted by molar-refractivity contribution is 5.68. The number of nitrogens with zero attached hydrogens (tertiary/aromatic N) is 1. The molecule has 0 radical (unpaired) electrons. The van der Waals surface area contributed by atoms with Crippen molar-refractivity contribution in [1.82, 2.24) is 10.2 Å². The molecule has 5 heteroatoms. The van der Waals surface area contributed by atoms with Gasteiger partial charge in [-0.2, -0.15) is 0 Å². The lowest BCUT2D eigenvalue weighted by Crippen LogP contribution is -2.45. The van der Waals surface area contributed by atoms with Gasteiger partial charge in [0, 0.05) is 25.7 Å². The van der Waals surface area contributed by atoms with E-state index < -0.39 is 11.7 Å². The van der Waals surface area contributed by atoms with Crippen LogP contribution >= 0.6 is 0 Å². The predicted molar refractivity (Wildman–Crippen MR) is 84.3 cm³/mol. The van der Waals surface area contributed by atoms with Gasteiger partial charge in [-0.15, -0.1) is 0 Å². The van der Waals surface area contributed by atoms with Crippen molar-refractivity contribution < 1.29 is 14.6 Å². The van der Waals surface area contributed by atoms with Crippen LogP contribution in [0.15, 0.2) is 0 Å². The summed E-state index contributed by atoms with van der Waals surface area (Å²) < 4.78 is 5.39. The standard InChI is InChI=1S/C16H32N2O3/c1-12-7-6-8-14(12)17-9-10-18(11-13(2)19)15(20)21-16(3,4)5/h12-14,17,19H,6-11H2,1-5H3. The number of amides is 1. The lowest BCUT2D eigenvalue weighted by atomic mass is 10.1. The van der Waals surface area contributed by atoms with Crippen LogP contribution in [0.1, 0.15) is 53.9 Å². The highest BCUT2D eigenvalue weighted by atomic mass is 16.6. The third-order valence-corrected chi connectivity index (χ3v) is 3.79. The minimum Gasteiger partial charge on any atom is -0.444 e. The summed E-state index contributed by atoms with van der Waals surface area (Å²) >= 11 is 0. The lowest BCUT2D eigenvalue weighted by Gasteiger charge is -2.29. The molecule has 2 N–H and O–H groups in total. The highest BCUT2D eigenvalue weighted by Gasteiger charge is 2.25. The molecule has 0 aliphatic heterocycles. The molecule has 1 fully saturated rings. The molecule has 1 saturated carbocycles. The van der Waals surface area contributed by atoms with E-state index in [-0.39, 0.29) is 6.09 Å². The smallest absolute Gasteiger partial charge is 0.410 e. The van der Waals surface area contributed by atoms with Crippen molar-refractivity contribution in [2.24, 2.45) is 5.92 Å². The van der Waals surface area contributed by atoms with Gasteiger partial charge >= 0.3 is 6.09 Å². The summed E-state index contributed by atoms with van der Waals surface area (Å²) in [7, 11) is 0. The Morgan fingerprint density at radius 1 is 1.43 bits per heavy atom. The zero-order valence-corrected chi connectivity index (χ0v) is 14.2. The molecule has 5 nitrogen and oxygen atoms in total. The molecule has 0 aromatic rings. The molecule has 0 spiro atoms. The molecule has 0 heterocycles. The second kappa shape index (κ2) is 7.99. The second-order valence-electron chi connectivity index (χ2n) is 7.24. The summed E-state index contributed by atoms with van der Waals surface area (Å²) in [5.74, 6) is 0.705. The first-order chi connectivity index (χ1) is 9.69. The van der Waals surface area contributed by atoms with E-state index in [1.807, 2.05) is 20.8 Å². The molecule has 1 rings (SSSR count). The van der Waals surface area contributed by atoms with Crippen molar-refractivity contribution in [3.63, 3.8) is 0 Å². The zero-order valence-electron chi connectivity index (χ0n) is 14.2. The van der Waals surface area contributed by atoms with Gasteiger partial charge in [-0.1, -0.05) is 13.3 Å². The summed E-state index contributed by atoms with van der Waals surface area (Å²) in [6.45, 7) is 11.1. The molecule has 3 atom stereocenters. The third kappa shape index (κ3) is 7.14. The van der Waals surface area contributed by atoms with Crippen molar-refractivity contribution in [2.45, 2.75) is 71.6 Å². The maximum absolute atomic E-state index is 12.2. The van der Waals surface area contributed by atoms with Gasteiger partial charge in [0.25, 0.3) is 0 Å². The van der Waals surface area contributed by atoms with Crippen LogP contribution in [0.5, 0.6) is 0 Å². The maximum Gasteiger partial charge on any atom is 0.410 e. The average molecular weight is 300 g/mol. The molecule has 3 unspecified atom stereocenters. The molecule has 0 bridgehead atoms. The maximum atomic E-state index is 12.2. The molecular formula is C16H32N2O3. The van der Waals surface area contributed by atoms with Crippen molar-refractivity contribution in [3.05, 3.63) is 0 Å². The normalized spacial score (nSPS) is 23.9. The summed E-state index contributed by atoms with van der Waals surface area (Å²) in [4.78, 5) is 13.7. The second-order valence-corrected chi connectivity index (χ2v) is 7.24. The fourth-order valence-electron chi connectivity index (χ4n) is 2.74. The molecule has 0 aromatic heterocycles.